The van der Waals surface area contributed by atoms with Crippen LogP contribution < -0.4 is 0 Å². The van der Waals surface area contributed by atoms with Gasteiger partial charge in [-0.1, -0.05) is 262 Å². The molecule has 0 radical (unpaired) electrons. The molecule has 0 heterocycles. The van der Waals surface area contributed by atoms with Crippen molar-refractivity contribution in [3.05, 3.63) is 158 Å². The zero-order chi connectivity index (χ0) is 53.4. The number of hydrogen-bond donors (Lipinski definition) is 1. The number of aliphatic hydroxyl groups excluding tert-OH is 1. The maximum absolute atomic E-state index is 12.3. The van der Waals surface area contributed by atoms with Crippen LogP contribution in [0.4, 0.5) is 0 Å². The number of unbranched alkanes of at least 4 members (excludes halogenated alkanes) is 19. The van der Waals surface area contributed by atoms with E-state index in [4.69, 9.17) is 9.47 Å². The topological polar surface area (TPSA) is 72.8 Å². The van der Waals surface area contributed by atoms with E-state index >= 15 is 0 Å². The number of esters is 2. The third-order valence-corrected chi connectivity index (χ3v) is 12.3. The van der Waals surface area contributed by atoms with Gasteiger partial charge in [0.2, 0.25) is 0 Å². The fraction of sp³-hybridized carbons (Fsp3) is 0.594. The molecule has 5 nitrogen and oxygen atoms in total. The number of aliphatic hydroxyl groups is 1. The molecule has 0 bridgehead atoms. The molecule has 0 amide bonds. The van der Waals surface area contributed by atoms with Crippen molar-refractivity contribution >= 4 is 11.9 Å². The molecule has 5 heteroatoms. The predicted octanol–water partition coefficient (Wildman–Crippen LogP) is 20.7. The summed E-state index contributed by atoms with van der Waals surface area (Å²) in [4.78, 5) is 24.5. The van der Waals surface area contributed by atoms with E-state index in [-0.39, 0.29) is 25.2 Å². The van der Waals surface area contributed by atoms with Crippen molar-refractivity contribution in [2.75, 3.05) is 13.2 Å². The number of allylic oxidation sites excluding steroid dienone is 26. The van der Waals surface area contributed by atoms with Crippen LogP contribution in [0.2, 0.25) is 0 Å². The highest BCUT2D eigenvalue weighted by Crippen LogP contribution is 2.14. The largest absolute Gasteiger partial charge is 0.462 e. The zero-order valence-electron chi connectivity index (χ0n) is 47.5. The van der Waals surface area contributed by atoms with E-state index in [1.165, 1.54) is 83.5 Å². The molecule has 0 aliphatic rings. The second-order valence-electron chi connectivity index (χ2n) is 19.3. The Labute approximate surface area is 456 Å². The fourth-order valence-electron chi connectivity index (χ4n) is 7.82. The summed E-state index contributed by atoms with van der Waals surface area (Å²) in [6.07, 6.45) is 96.4. The molecule has 0 fully saturated rings. The second kappa shape index (κ2) is 62.8. The molecule has 0 saturated carbocycles. The van der Waals surface area contributed by atoms with E-state index in [0.29, 0.717) is 12.8 Å². The Hall–Kier alpha value is -4.48. The van der Waals surface area contributed by atoms with E-state index in [9.17, 15) is 14.7 Å². The normalized spacial score (nSPS) is 13.4. The third-order valence-electron chi connectivity index (χ3n) is 12.3. The van der Waals surface area contributed by atoms with E-state index in [0.717, 1.165) is 135 Å². The van der Waals surface area contributed by atoms with Gasteiger partial charge >= 0.3 is 11.9 Å². The lowest BCUT2D eigenvalue weighted by atomic mass is 10.1. The lowest BCUT2D eigenvalue weighted by Crippen LogP contribution is -2.28. The highest BCUT2D eigenvalue weighted by molar-refractivity contribution is 5.70. The van der Waals surface area contributed by atoms with Gasteiger partial charge in [0.15, 0.2) is 6.10 Å². The molecule has 74 heavy (non-hydrogen) atoms. The molecular formula is C69H110O5. The molecular weight excluding hydrogens is 909 g/mol. The summed E-state index contributed by atoms with van der Waals surface area (Å²) < 4.78 is 10.7. The maximum Gasteiger partial charge on any atom is 0.306 e. The Morgan fingerprint density at radius 1 is 0.324 bits per heavy atom. The fourth-order valence-corrected chi connectivity index (χ4v) is 7.82. The highest BCUT2D eigenvalue weighted by Gasteiger charge is 2.16. The van der Waals surface area contributed by atoms with Gasteiger partial charge in [-0.25, -0.2) is 0 Å². The van der Waals surface area contributed by atoms with Gasteiger partial charge in [0, 0.05) is 12.8 Å². The SMILES string of the molecule is CC/C=C\C/C=C\C/C=C\C/C=C\C/C=C\C/C=C\C/C=C\C/C=C\C/C=C\C/C=C\C/C=C\CCCCCCCC(=O)OC(CO)COC(=O)CCCCCCCCCCC/C=C\C/C=C\CCCCCCC. The van der Waals surface area contributed by atoms with Gasteiger partial charge in [-0.15, -0.1) is 0 Å². The van der Waals surface area contributed by atoms with Gasteiger partial charge in [-0.05, 0) is 128 Å². The first-order valence-corrected chi connectivity index (χ1v) is 30.0. The maximum atomic E-state index is 12.3. The van der Waals surface area contributed by atoms with Crippen molar-refractivity contribution in [1.82, 2.24) is 0 Å². The summed E-state index contributed by atoms with van der Waals surface area (Å²) in [7, 11) is 0. The number of hydrogen-bond acceptors (Lipinski definition) is 5. The first-order chi connectivity index (χ1) is 36.6. The Kier molecular flexibility index (Phi) is 59.0. The smallest absolute Gasteiger partial charge is 0.306 e. The summed E-state index contributed by atoms with van der Waals surface area (Å²) in [6.45, 7) is 3.99. The average Bonchev–Trinajstić information content (AvgIpc) is 3.40. The van der Waals surface area contributed by atoms with E-state index < -0.39 is 6.10 Å². The summed E-state index contributed by atoms with van der Waals surface area (Å²) in [5.41, 5.74) is 0. The summed E-state index contributed by atoms with van der Waals surface area (Å²) in [6, 6.07) is 0. The van der Waals surface area contributed by atoms with Crippen LogP contribution in [0, 0.1) is 0 Å². The Balaban J connectivity index is 3.65. The van der Waals surface area contributed by atoms with Crippen LogP contribution in [0.5, 0.6) is 0 Å². The first-order valence-electron chi connectivity index (χ1n) is 30.0. The predicted molar refractivity (Wildman–Crippen MR) is 324 cm³/mol. The molecule has 0 aromatic rings. The lowest BCUT2D eigenvalue weighted by Gasteiger charge is -2.15. The van der Waals surface area contributed by atoms with Crippen molar-refractivity contribution in [2.24, 2.45) is 0 Å². The van der Waals surface area contributed by atoms with Crippen LogP contribution in [0.15, 0.2) is 158 Å². The summed E-state index contributed by atoms with van der Waals surface area (Å²) in [5, 5.41) is 9.66. The van der Waals surface area contributed by atoms with E-state index in [1.807, 2.05) is 0 Å². The van der Waals surface area contributed by atoms with Crippen LogP contribution in [0.3, 0.4) is 0 Å². The minimum atomic E-state index is -0.797. The van der Waals surface area contributed by atoms with E-state index in [2.05, 4.69) is 172 Å². The van der Waals surface area contributed by atoms with Gasteiger partial charge in [0.25, 0.3) is 0 Å². The molecule has 0 aliphatic heterocycles. The minimum Gasteiger partial charge on any atom is -0.462 e. The number of carbonyl (C=O) groups excluding carboxylic acids is 2. The minimum absolute atomic E-state index is 0.0852. The van der Waals surface area contributed by atoms with E-state index in [1.54, 1.807) is 0 Å². The Morgan fingerprint density at radius 2 is 0.581 bits per heavy atom. The molecule has 0 rings (SSSR count). The van der Waals surface area contributed by atoms with Gasteiger partial charge in [-0.2, -0.15) is 0 Å². The number of ether oxygens (including phenoxy) is 2. The van der Waals surface area contributed by atoms with Gasteiger partial charge in [-0.3, -0.25) is 9.59 Å². The number of carbonyl (C=O) groups is 2. The summed E-state index contributed by atoms with van der Waals surface area (Å²) >= 11 is 0. The molecule has 1 N–H and O–H groups in total. The molecule has 0 aromatic carbocycles. The molecule has 1 atom stereocenters. The van der Waals surface area contributed by atoms with Crippen LogP contribution in [-0.2, 0) is 19.1 Å². The van der Waals surface area contributed by atoms with Crippen molar-refractivity contribution in [3.8, 4) is 0 Å². The Morgan fingerprint density at radius 3 is 0.878 bits per heavy atom. The Bertz CT molecular complexity index is 1620. The van der Waals surface area contributed by atoms with Crippen molar-refractivity contribution < 1.29 is 24.2 Å². The van der Waals surface area contributed by atoms with Crippen LogP contribution in [0.1, 0.15) is 245 Å². The highest BCUT2D eigenvalue weighted by atomic mass is 16.6. The average molecular weight is 1020 g/mol. The molecule has 0 aromatic heterocycles. The monoisotopic (exact) mass is 1020 g/mol. The quantitative estimate of drug-likeness (QED) is 0.0373. The molecule has 0 spiro atoms. The van der Waals surface area contributed by atoms with Crippen molar-refractivity contribution in [2.45, 2.75) is 251 Å². The van der Waals surface area contributed by atoms with Gasteiger partial charge < -0.3 is 14.6 Å². The number of rotatable bonds is 53. The van der Waals surface area contributed by atoms with Gasteiger partial charge in [0.05, 0.1) is 6.61 Å². The first kappa shape index (κ1) is 69.5. The summed E-state index contributed by atoms with van der Waals surface area (Å²) in [5.74, 6) is -0.626. The van der Waals surface area contributed by atoms with Gasteiger partial charge in [0.1, 0.15) is 6.61 Å². The molecule has 1 unspecified atom stereocenters. The zero-order valence-corrected chi connectivity index (χ0v) is 47.5. The second-order valence-corrected chi connectivity index (χ2v) is 19.3. The molecule has 0 aliphatic carbocycles. The van der Waals surface area contributed by atoms with Crippen LogP contribution in [0.25, 0.3) is 0 Å². The molecule has 416 valence electrons. The van der Waals surface area contributed by atoms with Crippen LogP contribution in [-0.4, -0.2) is 36.4 Å². The van der Waals surface area contributed by atoms with Crippen LogP contribution >= 0.6 is 0 Å². The third kappa shape index (κ3) is 60.1. The molecule has 0 saturated heterocycles. The van der Waals surface area contributed by atoms with Crippen molar-refractivity contribution in [1.29, 1.82) is 0 Å². The van der Waals surface area contributed by atoms with Crippen molar-refractivity contribution in [3.63, 3.8) is 0 Å². The standard InChI is InChI=1S/C69H110O5/c1-3-5-7-9-11-13-15-17-19-21-23-25-26-27-28-29-30-31-32-33-34-35-36-37-38-39-40-41-42-44-46-48-50-52-54-56-58-60-62-64-69(72)74-67(65-70)66-73-68(71)63-61-59-57-55-53-51-49-47-45-43-24-22-20-18-16-14-12-10-8-6-4-2/h5,7,11,13,16-19,22-25,27-28,30-31,33-34,36-37,39-40,42,44,48,50,67,70H,3-4,6,8-10,12,14-15,20-21,26,29,32,35,38,41,43,45-47,49,51-66H2,1-2H3/b7-5-,13-11-,18-16-,19-17-,24-22-,25-23-,28-27-,31-30-,34-33-,37-36-,40-39-,44-42-,50-48-. The lowest BCUT2D eigenvalue weighted by molar-refractivity contribution is -0.161.